The first kappa shape index (κ1) is 12.1. The second-order valence-electron chi connectivity index (χ2n) is 4.11. The van der Waals surface area contributed by atoms with Crippen molar-refractivity contribution in [3.63, 3.8) is 0 Å². The van der Waals surface area contributed by atoms with Gasteiger partial charge in [0.25, 0.3) is 0 Å². The highest BCUT2D eigenvalue weighted by atomic mass is 14.9. The highest BCUT2D eigenvalue weighted by Gasteiger charge is 1.98. The molecule has 15 heavy (non-hydrogen) atoms. The smallest absolute Gasteiger partial charge is 0.0340 e. The molecule has 84 valence electrons. The van der Waals surface area contributed by atoms with Gasteiger partial charge in [0.2, 0.25) is 0 Å². The summed E-state index contributed by atoms with van der Waals surface area (Å²) in [5.74, 6) is 0.604. The third-order valence-electron chi connectivity index (χ3n) is 2.73. The van der Waals surface area contributed by atoms with Crippen LogP contribution in [0.25, 0.3) is 0 Å². The van der Waals surface area contributed by atoms with E-state index < -0.39 is 0 Å². The second-order valence-corrected chi connectivity index (χ2v) is 4.11. The number of nitrogens with two attached hydrogens (primary N) is 1. The minimum Gasteiger partial charge on any atom is -0.385 e. The molecule has 0 fully saturated rings. The van der Waals surface area contributed by atoms with Crippen LogP contribution in [0.5, 0.6) is 0 Å². The number of hydrogen-bond donors (Lipinski definition) is 2. The summed E-state index contributed by atoms with van der Waals surface area (Å²) in [4.78, 5) is 0. The van der Waals surface area contributed by atoms with E-state index >= 15 is 0 Å². The van der Waals surface area contributed by atoms with Crippen molar-refractivity contribution in [2.45, 2.75) is 26.7 Å². The Balaban J connectivity index is 2.31. The highest BCUT2D eigenvalue weighted by Crippen LogP contribution is 2.10. The molecule has 3 N–H and O–H groups in total. The Morgan fingerprint density at radius 1 is 1.27 bits per heavy atom. The van der Waals surface area contributed by atoms with Crippen LogP contribution in [0.1, 0.15) is 25.8 Å². The number of benzene rings is 1. The SMILES string of the molecule is CCc1ccc(NCCC(C)CN)cc1. The lowest BCUT2D eigenvalue weighted by atomic mass is 10.1. The Morgan fingerprint density at radius 3 is 2.47 bits per heavy atom. The van der Waals surface area contributed by atoms with E-state index in [4.69, 9.17) is 5.73 Å². The Hall–Kier alpha value is -1.02. The largest absolute Gasteiger partial charge is 0.385 e. The topological polar surface area (TPSA) is 38.0 Å². The van der Waals surface area contributed by atoms with Gasteiger partial charge < -0.3 is 11.1 Å². The van der Waals surface area contributed by atoms with Gasteiger partial charge in [-0.25, -0.2) is 0 Å². The van der Waals surface area contributed by atoms with Crippen molar-refractivity contribution in [2.75, 3.05) is 18.4 Å². The predicted molar refractivity (Wildman–Crippen MR) is 67.1 cm³/mol. The molecule has 0 spiro atoms. The first-order valence-electron chi connectivity index (χ1n) is 5.79. The van der Waals surface area contributed by atoms with E-state index in [0.29, 0.717) is 5.92 Å². The number of anilines is 1. The van der Waals surface area contributed by atoms with Gasteiger partial charge in [-0.2, -0.15) is 0 Å². The molecule has 0 radical (unpaired) electrons. The van der Waals surface area contributed by atoms with Gasteiger partial charge in [0.15, 0.2) is 0 Å². The van der Waals surface area contributed by atoms with E-state index in [0.717, 1.165) is 25.9 Å². The molecule has 0 aliphatic rings. The zero-order valence-corrected chi connectivity index (χ0v) is 9.79. The molecule has 1 rings (SSSR count). The maximum Gasteiger partial charge on any atom is 0.0340 e. The molecule has 1 atom stereocenters. The monoisotopic (exact) mass is 206 g/mol. The first-order valence-corrected chi connectivity index (χ1v) is 5.79. The van der Waals surface area contributed by atoms with Gasteiger partial charge in [-0.05, 0) is 43.0 Å². The second kappa shape index (κ2) is 6.46. The molecule has 0 aromatic heterocycles. The molecule has 0 amide bonds. The molecule has 2 nitrogen and oxygen atoms in total. The van der Waals surface area contributed by atoms with E-state index in [2.05, 4.69) is 43.4 Å². The van der Waals surface area contributed by atoms with Crippen LogP contribution in [0.4, 0.5) is 5.69 Å². The Bertz CT molecular complexity index is 266. The van der Waals surface area contributed by atoms with Gasteiger partial charge in [0, 0.05) is 12.2 Å². The molecule has 0 bridgehead atoms. The molecule has 1 unspecified atom stereocenters. The summed E-state index contributed by atoms with van der Waals surface area (Å²) in [6, 6.07) is 8.64. The van der Waals surface area contributed by atoms with Crippen LogP contribution in [0.3, 0.4) is 0 Å². The van der Waals surface area contributed by atoms with E-state index in [9.17, 15) is 0 Å². The number of hydrogen-bond acceptors (Lipinski definition) is 2. The van der Waals surface area contributed by atoms with Crippen molar-refractivity contribution in [2.24, 2.45) is 11.7 Å². The Morgan fingerprint density at radius 2 is 1.93 bits per heavy atom. The van der Waals surface area contributed by atoms with Gasteiger partial charge in [0.05, 0.1) is 0 Å². The van der Waals surface area contributed by atoms with Crippen LogP contribution < -0.4 is 11.1 Å². The molecule has 1 aromatic carbocycles. The van der Waals surface area contributed by atoms with Gasteiger partial charge >= 0.3 is 0 Å². The maximum absolute atomic E-state index is 5.56. The van der Waals surface area contributed by atoms with Gasteiger partial charge in [-0.3, -0.25) is 0 Å². The van der Waals surface area contributed by atoms with E-state index in [-0.39, 0.29) is 0 Å². The molecule has 0 heterocycles. The quantitative estimate of drug-likeness (QED) is 0.751. The summed E-state index contributed by atoms with van der Waals surface area (Å²) in [6.45, 7) is 6.13. The third kappa shape index (κ3) is 4.34. The van der Waals surface area contributed by atoms with E-state index in [1.54, 1.807) is 0 Å². The van der Waals surface area contributed by atoms with E-state index in [1.165, 1.54) is 11.3 Å². The summed E-state index contributed by atoms with van der Waals surface area (Å²) in [5, 5.41) is 3.41. The molecule has 0 aliphatic heterocycles. The summed E-state index contributed by atoms with van der Waals surface area (Å²) >= 11 is 0. The number of rotatable bonds is 6. The van der Waals surface area contributed by atoms with Crippen LogP contribution in [0, 0.1) is 5.92 Å². The normalized spacial score (nSPS) is 12.5. The van der Waals surface area contributed by atoms with Crippen LogP contribution in [-0.2, 0) is 6.42 Å². The molecule has 0 aliphatic carbocycles. The summed E-state index contributed by atoms with van der Waals surface area (Å²) in [6.07, 6.45) is 2.23. The zero-order valence-electron chi connectivity index (χ0n) is 9.79. The highest BCUT2D eigenvalue weighted by molar-refractivity contribution is 5.44. The minimum atomic E-state index is 0.604. The number of aryl methyl sites for hydroxylation is 1. The van der Waals surface area contributed by atoms with Crippen molar-refractivity contribution >= 4 is 5.69 Å². The molecular formula is C13H22N2. The molecular weight excluding hydrogens is 184 g/mol. The lowest BCUT2D eigenvalue weighted by Crippen LogP contribution is -2.14. The van der Waals surface area contributed by atoms with Gasteiger partial charge in [-0.15, -0.1) is 0 Å². The standard InChI is InChI=1S/C13H22N2/c1-3-12-4-6-13(7-5-12)15-9-8-11(2)10-14/h4-7,11,15H,3,8-10,14H2,1-2H3. The van der Waals surface area contributed by atoms with Crippen LogP contribution in [-0.4, -0.2) is 13.1 Å². The average Bonchev–Trinajstić information content (AvgIpc) is 2.29. The van der Waals surface area contributed by atoms with Crippen molar-refractivity contribution < 1.29 is 0 Å². The van der Waals surface area contributed by atoms with E-state index in [1.807, 2.05) is 0 Å². The number of nitrogens with one attached hydrogen (secondary N) is 1. The first-order chi connectivity index (χ1) is 7.26. The maximum atomic E-state index is 5.56. The molecule has 0 saturated carbocycles. The molecule has 1 aromatic rings. The predicted octanol–water partition coefficient (Wildman–Crippen LogP) is 2.65. The molecule has 0 saturated heterocycles. The fraction of sp³-hybridized carbons (Fsp3) is 0.538. The van der Waals surface area contributed by atoms with Crippen molar-refractivity contribution in [1.29, 1.82) is 0 Å². The van der Waals surface area contributed by atoms with Crippen LogP contribution >= 0.6 is 0 Å². The van der Waals surface area contributed by atoms with Gasteiger partial charge in [-0.1, -0.05) is 26.0 Å². The van der Waals surface area contributed by atoms with Crippen molar-refractivity contribution in [3.05, 3.63) is 29.8 Å². The lowest BCUT2D eigenvalue weighted by Gasteiger charge is -2.10. The minimum absolute atomic E-state index is 0.604. The fourth-order valence-electron chi connectivity index (χ4n) is 1.44. The van der Waals surface area contributed by atoms with Crippen LogP contribution in [0.15, 0.2) is 24.3 Å². The third-order valence-corrected chi connectivity index (χ3v) is 2.73. The fourth-order valence-corrected chi connectivity index (χ4v) is 1.44. The Kier molecular flexibility index (Phi) is 5.19. The summed E-state index contributed by atoms with van der Waals surface area (Å²) in [5.41, 5.74) is 8.15. The van der Waals surface area contributed by atoms with Crippen LogP contribution in [0.2, 0.25) is 0 Å². The Labute approximate surface area is 92.9 Å². The van der Waals surface area contributed by atoms with Gasteiger partial charge in [0.1, 0.15) is 0 Å². The molecule has 2 heteroatoms. The zero-order chi connectivity index (χ0) is 11.1. The summed E-state index contributed by atoms with van der Waals surface area (Å²) < 4.78 is 0. The van der Waals surface area contributed by atoms with Crippen molar-refractivity contribution in [1.82, 2.24) is 0 Å². The summed E-state index contributed by atoms with van der Waals surface area (Å²) in [7, 11) is 0. The van der Waals surface area contributed by atoms with Crippen molar-refractivity contribution in [3.8, 4) is 0 Å². The lowest BCUT2D eigenvalue weighted by molar-refractivity contribution is 0.561. The average molecular weight is 206 g/mol.